The van der Waals surface area contributed by atoms with Gasteiger partial charge in [0.2, 0.25) is 5.91 Å². The third kappa shape index (κ3) is 4.05. The van der Waals surface area contributed by atoms with Gasteiger partial charge in [-0.05, 0) is 25.3 Å². The van der Waals surface area contributed by atoms with Crippen LogP contribution in [0.25, 0.3) is 0 Å². The highest BCUT2D eigenvalue weighted by molar-refractivity contribution is 5.77. The number of rotatable bonds is 5. The lowest BCUT2D eigenvalue weighted by atomic mass is 9.89. The van der Waals surface area contributed by atoms with Gasteiger partial charge in [0.05, 0.1) is 6.10 Å². The summed E-state index contributed by atoms with van der Waals surface area (Å²) in [7, 11) is 1.53. The van der Waals surface area contributed by atoms with Crippen molar-refractivity contribution in [1.29, 1.82) is 0 Å². The first-order valence-corrected chi connectivity index (χ1v) is 7.14. The molecular formula is C16H23NO3. The maximum absolute atomic E-state index is 11.5. The highest BCUT2D eigenvalue weighted by Gasteiger charge is 2.27. The highest BCUT2D eigenvalue weighted by Crippen LogP contribution is 2.33. The Kier molecular flexibility index (Phi) is 5.56. The van der Waals surface area contributed by atoms with Gasteiger partial charge < -0.3 is 14.8 Å². The molecule has 0 radical (unpaired) electrons. The normalized spacial score (nSPS) is 22.5. The van der Waals surface area contributed by atoms with Crippen molar-refractivity contribution in [2.75, 3.05) is 26.9 Å². The van der Waals surface area contributed by atoms with Crippen molar-refractivity contribution in [3.63, 3.8) is 0 Å². The van der Waals surface area contributed by atoms with Gasteiger partial charge in [0.1, 0.15) is 6.61 Å². The Hall–Kier alpha value is -1.39. The van der Waals surface area contributed by atoms with Crippen LogP contribution in [-0.4, -0.2) is 32.8 Å². The van der Waals surface area contributed by atoms with Crippen LogP contribution in [0.2, 0.25) is 0 Å². The number of amides is 1. The summed E-state index contributed by atoms with van der Waals surface area (Å²) in [6.07, 6.45) is 2.20. The summed E-state index contributed by atoms with van der Waals surface area (Å²) in [5.74, 6) is 0.257. The molecule has 0 aromatic heterocycles. The molecule has 1 aromatic rings. The fourth-order valence-electron chi connectivity index (χ4n) is 2.60. The van der Waals surface area contributed by atoms with Gasteiger partial charge in [0.15, 0.2) is 0 Å². The molecule has 2 rings (SSSR count). The first-order valence-electron chi connectivity index (χ1n) is 7.14. The van der Waals surface area contributed by atoms with Crippen molar-refractivity contribution in [3.8, 4) is 0 Å². The Morgan fingerprint density at radius 2 is 2.15 bits per heavy atom. The molecule has 1 aliphatic heterocycles. The van der Waals surface area contributed by atoms with Gasteiger partial charge in [0.25, 0.3) is 0 Å². The number of hydrogen-bond donors (Lipinski definition) is 1. The van der Waals surface area contributed by atoms with E-state index in [2.05, 4.69) is 36.5 Å². The molecule has 1 fully saturated rings. The van der Waals surface area contributed by atoms with E-state index in [4.69, 9.17) is 9.47 Å². The largest absolute Gasteiger partial charge is 0.375 e. The summed E-state index contributed by atoms with van der Waals surface area (Å²) in [5.41, 5.74) is 2.44. The lowest BCUT2D eigenvalue weighted by Crippen LogP contribution is -2.36. The molecule has 1 aliphatic rings. The van der Waals surface area contributed by atoms with E-state index in [0.717, 1.165) is 19.4 Å². The minimum atomic E-state index is -0.0688. The molecule has 0 aliphatic carbocycles. The van der Waals surface area contributed by atoms with Gasteiger partial charge in [-0.25, -0.2) is 0 Å². The van der Waals surface area contributed by atoms with E-state index in [1.165, 1.54) is 18.2 Å². The molecule has 2 atom stereocenters. The molecule has 0 bridgehead atoms. The van der Waals surface area contributed by atoms with E-state index in [-0.39, 0.29) is 18.6 Å². The number of benzene rings is 1. The van der Waals surface area contributed by atoms with Gasteiger partial charge in [0, 0.05) is 26.2 Å². The summed E-state index contributed by atoms with van der Waals surface area (Å²) in [6.45, 7) is 3.62. The predicted octanol–water partition coefficient (Wildman–Crippen LogP) is 2.23. The fraction of sp³-hybridized carbons (Fsp3) is 0.562. The molecule has 1 aromatic carbocycles. The van der Waals surface area contributed by atoms with Crippen molar-refractivity contribution < 1.29 is 14.3 Å². The molecular weight excluding hydrogens is 254 g/mol. The molecule has 0 spiro atoms. The SMILES string of the molecule is COCC(=O)NC[C@@H]1CCCO[C@H]1c1ccc(C)cc1. The molecule has 4 nitrogen and oxygen atoms in total. The Balaban J connectivity index is 1.98. The number of carbonyl (C=O) groups is 1. The summed E-state index contributed by atoms with van der Waals surface area (Å²) in [5, 5.41) is 2.92. The first kappa shape index (κ1) is 15.0. The van der Waals surface area contributed by atoms with Crippen LogP contribution < -0.4 is 5.32 Å². The number of aryl methyl sites for hydroxylation is 1. The third-order valence-corrected chi connectivity index (χ3v) is 3.69. The standard InChI is InChI=1S/C16H23NO3/c1-12-5-7-13(8-6-12)16-14(4-3-9-20-16)10-17-15(18)11-19-2/h5-8,14,16H,3-4,9-11H2,1-2H3,(H,17,18)/t14-,16-/m0/s1. The smallest absolute Gasteiger partial charge is 0.245 e. The van der Waals surface area contributed by atoms with E-state index in [1.807, 2.05) is 0 Å². The summed E-state index contributed by atoms with van der Waals surface area (Å²) in [6, 6.07) is 8.45. The topological polar surface area (TPSA) is 47.6 Å². The second kappa shape index (κ2) is 7.41. The average Bonchev–Trinajstić information content (AvgIpc) is 2.47. The molecule has 1 amide bonds. The average molecular weight is 277 g/mol. The lowest BCUT2D eigenvalue weighted by molar-refractivity contribution is -0.125. The minimum absolute atomic E-state index is 0.0688. The summed E-state index contributed by atoms with van der Waals surface area (Å²) >= 11 is 0. The van der Waals surface area contributed by atoms with Gasteiger partial charge in [-0.1, -0.05) is 29.8 Å². The number of methoxy groups -OCH3 is 1. The molecule has 110 valence electrons. The van der Waals surface area contributed by atoms with Crippen LogP contribution in [0.4, 0.5) is 0 Å². The van der Waals surface area contributed by atoms with Crippen LogP contribution in [0.15, 0.2) is 24.3 Å². The quantitative estimate of drug-likeness (QED) is 0.897. The van der Waals surface area contributed by atoms with Crippen molar-refractivity contribution in [2.24, 2.45) is 5.92 Å². The number of ether oxygens (including phenoxy) is 2. The monoisotopic (exact) mass is 277 g/mol. The van der Waals surface area contributed by atoms with Crippen molar-refractivity contribution >= 4 is 5.91 Å². The van der Waals surface area contributed by atoms with Crippen molar-refractivity contribution in [1.82, 2.24) is 5.32 Å². The first-order chi connectivity index (χ1) is 9.70. The van der Waals surface area contributed by atoms with E-state index < -0.39 is 0 Å². The Labute approximate surface area is 120 Å². The maximum Gasteiger partial charge on any atom is 0.245 e. The molecule has 1 heterocycles. The van der Waals surface area contributed by atoms with Crippen molar-refractivity contribution in [2.45, 2.75) is 25.9 Å². The summed E-state index contributed by atoms with van der Waals surface area (Å²) in [4.78, 5) is 11.5. The van der Waals surface area contributed by atoms with Crippen LogP contribution in [0, 0.1) is 12.8 Å². The van der Waals surface area contributed by atoms with Gasteiger partial charge in [-0.3, -0.25) is 4.79 Å². The third-order valence-electron chi connectivity index (χ3n) is 3.69. The minimum Gasteiger partial charge on any atom is -0.375 e. The lowest BCUT2D eigenvalue weighted by Gasteiger charge is -2.32. The molecule has 20 heavy (non-hydrogen) atoms. The van der Waals surface area contributed by atoms with Crippen LogP contribution in [0.1, 0.15) is 30.1 Å². The van der Waals surface area contributed by atoms with Crippen LogP contribution in [0.5, 0.6) is 0 Å². The van der Waals surface area contributed by atoms with Gasteiger partial charge in [-0.2, -0.15) is 0 Å². The zero-order valence-electron chi connectivity index (χ0n) is 12.2. The number of hydrogen-bond acceptors (Lipinski definition) is 3. The second-order valence-electron chi connectivity index (χ2n) is 5.34. The van der Waals surface area contributed by atoms with Crippen molar-refractivity contribution in [3.05, 3.63) is 35.4 Å². The second-order valence-corrected chi connectivity index (χ2v) is 5.34. The highest BCUT2D eigenvalue weighted by atomic mass is 16.5. The van der Waals surface area contributed by atoms with Gasteiger partial charge >= 0.3 is 0 Å². The molecule has 4 heteroatoms. The van der Waals surface area contributed by atoms with Crippen LogP contribution in [-0.2, 0) is 14.3 Å². The zero-order chi connectivity index (χ0) is 14.4. The molecule has 0 unspecified atom stereocenters. The Bertz CT molecular complexity index is 430. The number of carbonyl (C=O) groups excluding carboxylic acids is 1. The Morgan fingerprint density at radius 3 is 2.85 bits per heavy atom. The van der Waals surface area contributed by atoms with E-state index in [0.29, 0.717) is 12.5 Å². The molecule has 1 N–H and O–H groups in total. The molecule has 1 saturated heterocycles. The maximum atomic E-state index is 11.5. The van der Waals surface area contributed by atoms with E-state index >= 15 is 0 Å². The predicted molar refractivity (Wildman–Crippen MR) is 77.5 cm³/mol. The van der Waals surface area contributed by atoms with Gasteiger partial charge in [-0.15, -0.1) is 0 Å². The van der Waals surface area contributed by atoms with E-state index in [9.17, 15) is 4.79 Å². The van der Waals surface area contributed by atoms with Crippen LogP contribution >= 0.6 is 0 Å². The van der Waals surface area contributed by atoms with E-state index in [1.54, 1.807) is 0 Å². The van der Waals surface area contributed by atoms with Crippen LogP contribution in [0.3, 0.4) is 0 Å². The Morgan fingerprint density at radius 1 is 1.40 bits per heavy atom. The summed E-state index contributed by atoms with van der Waals surface area (Å²) < 4.78 is 10.8. The fourth-order valence-corrected chi connectivity index (χ4v) is 2.60. The zero-order valence-corrected chi connectivity index (χ0v) is 12.2. The number of nitrogens with one attached hydrogen (secondary N) is 1. The molecule has 0 saturated carbocycles.